The van der Waals surface area contributed by atoms with E-state index in [1.807, 2.05) is 56.3 Å². The maximum atomic E-state index is 13.7. The molecule has 0 unspecified atom stereocenters. The molecule has 2 atom stereocenters. The molecule has 1 N–H and O–H groups in total. The van der Waals surface area contributed by atoms with E-state index in [1.165, 1.54) is 11.1 Å². The molecule has 0 heterocycles. The van der Waals surface area contributed by atoms with Gasteiger partial charge in [0, 0.05) is 25.4 Å². The zero-order valence-corrected chi connectivity index (χ0v) is 22.2. The fourth-order valence-corrected chi connectivity index (χ4v) is 4.22. The summed E-state index contributed by atoms with van der Waals surface area (Å²) in [6.45, 7) is 8.65. The van der Waals surface area contributed by atoms with Crippen molar-refractivity contribution in [3.63, 3.8) is 0 Å². The predicted molar refractivity (Wildman–Crippen MR) is 148 cm³/mol. The molecule has 36 heavy (non-hydrogen) atoms. The Kier molecular flexibility index (Phi) is 10.3. The molecule has 3 aromatic carbocycles. The standard InChI is InChI=1S/C32H40N2O2/c1-5-25(4)33-32(36)30(22-28-10-8-7-9-11-28)34(23-29-14-12-24(3)13-15-29)31(35)21-20-27-18-16-26(6-2)17-19-27/h7-19,25,30H,5-6,20-23H2,1-4H3,(H,33,36)/t25-,30-/m0/s1. The van der Waals surface area contributed by atoms with Gasteiger partial charge in [-0.25, -0.2) is 0 Å². The van der Waals surface area contributed by atoms with Crippen molar-refractivity contribution in [3.05, 3.63) is 107 Å². The summed E-state index contributed by atoms with van der Waals surface area (Å²) in [4.78, 5) is 29.1. The van der Waals surface area contributed by atoms with Crippen LogP contribution in [0.1, 0.15) is 61.4 Å². The Labute approximate surface area is 216 Å². The lowest BCUT2D eigenvalue weighted by Crippen LogP contribution is -2.52. The maximum absolute atomic E-state index is 13.7. The highest BCUT2D eigenvalue weighted by Crippen LogP contribution is 2.18. The highest BCUT2D eigenvalue weighted by Gasteiger charge is 2.30. The molecule has 0 aliphatic rings. The molecule has 190 valence electrons. The lowest BCUT2D eigenvalue weighted by atomic mass is 10.0. The Morgan fingerprint density at radius 2 is 1.42 bits per heavy atom. The number of carbonyl (C=O) groups is 2. The third-order valence-corrected chi connectivity index (χ3v) is 6.80. The van der Waals surface area contributed by atoms with Gasteiger partial charge in [-0.05, 0) is 55.4 Å². The summed E-state index contributed by atoms with van der Waals surface area (Å²) in [5.74, 6) is -0.101. The zero-order valence-electron chi connectivity index (χ0n) is 22.2. The maximum Gasteiger partial charge on any atom is 0.243 e. The summed E-state index contributed by atoms with van der Waals surface area (Å²) in [6.07, 6.45) is 3.32. The SMILES string of the molecule is CCc1ccc(CCC(=O)N(Cc2ccc(C)cc2)[C@@H](Cc2ccccc2)C(=O)N[C@@H](C)CC)cc1. The van der Waals surface area contributed by atoms with Crippen LogP contribution in [0, 0.1) is 6.92 Å². The average molecular weight is 485 g/mol. The molecule has 0 aliphatic heterocycles. The first-order valence-electron chi connectivity index (χ1n) is 13.2. The molecule has 0 spiro atoms. The number of nitrogens with one attached hydrogen (secondary N) is 1. The van der Waals surface area contributed by atoms with Gasteiger partial charge in [0.1, 0.15) is 6.04 Å². The molecule has 0 saturated carbocycles. The number of benzene rings is 3. The first-order chi connectivity index (χ1) is 17.4. The third-order valence-electron chi connectivity index (χ3n) is 6.80. The largest absolute Gasteiger partial charge is 0.352 e. The quantitative estimate of drug-likeness (QED) is 0.340. The van der Waals surface area contributed by atoms with E-state index in [2.05, 4.69) is 55.6 Å². The Morgan fingerprint density at radius 1 is 0.806 bits per heavy atom. The number of carbonyl (C=O) groups excluding carboxylic acids is 2. The van der Waals surface area contributed by atoms with Crippen LogP contribution in [0.25, 0.3) is 0 Å². The fourth-order valence-electron chi connectivity index (χ4n) is 4.22. The molecule has 0 bridgehead atoms. The zero-order chi connectivity index (χ0) is 25.9. The van der Waals surface area contributed by atoms with E-state index in [4.69, 9.17) is 0 Å². The first kappa shape index (κ1) is 27.2. The third kappa shape index (κ3) is 8.08. The minimum absolute atomic E-state index is 0.00428. The second kappa shape index (κ2) is 13.6. The minimum atomic E-state index is -0.585. The average Bonchev–Trinajstić information content (AvgIpc) is 2.91. The Bertz CT molecular complexity index is 1090. The van der Waals surface area contributed by atoms with Gasteiger partial charge in [-0.3, -0.25) is 9.59 Å². The van der Waals surface area contributed by atoms with Gasteiger partial charge in [0.25, 0.3) is 0 Å². The van der Waals surface area contributed by atoms with Crippen LogP contribution in [0.2, 0.25) is 0 Å². The Balaban J connectivity index is 1.88. The van der Waals surface area contributed by atoms with E-state index >= 15 is 0 Å². The van der Waals surface area contributed by atoms with E-state index in [-0.39, 0.29) is 17.9 Å². The van der Waals surface area contributed by atoms with Gasteiger partial charge in [-0.2, -0.15) is 0 Å². The monoisotopic (exact) mass is 484 g/mol. The van der Waals surface area contributed by atoms with Crippen LogP contribution in [0.3, 0.4) is 0 Å². The molecular formula is C32H40N2O2. The molecular weight excluding hydrogens is 444 g/mol. The summed E-state index contributed by atoms with van der Waals surface area (Å²) in [5.41, 5.74) is 5.66. The number of aryl methyl sites for hydroxylation is 3. The van der Waals surface area contributed by atoms with Crippen molar-refractivity contribution >= 4 is 11.8 Å². The van der Waals surface area contributed by atoms with Crippen molar-refractivity contribution in [2.45, 2.75) is 78.4 Å². The topological polar surface area (TPSA) is 49.4 Å². The number of nitrogens with zero attached hydrogens (tertiary/aromatic N) is 1. The molecule has 3 rings (SSSR count). The van der Waals surface area contributed by atoms with Gasteiger partial charge in [0.15, 0.2) is 0 Å². The number of amides is 2. The number of hydrogen-bond acceptors (Lipinski definition) is 2. The molecule has 3 aromatic rings. The number of hydrogen-bond donors (Lipinski definition) is 1. The highest BCUT2D eigenvalue weighted by atomic mass is 16.2. The van der Waals surface area contributed by atoms with E-state index in [0.29, 0.717) is 25.8 Å². The highest BCUT2D eigenvalue weighted by molar-refractivity contribution is 5.88. The molecule has 0 fully saturated rings. The second-order valence-corrected chi connectivity index (χ2v) is 9.70. The second-order valence-electron chi connectivity index (χ2n) is 9.70. The van der Waals surface area contributed by atoms with Gasteiger partial charge in [-0.1, -0.05) is 98.3 Å². The molecule has 4 heteroatoms. The van der Waals surface area contributed by atoms with Gasteiger partial charge in [-0.15, -0.1) is 0 Å². The molecule has 0 radical (unpaired) electrons. The molecule has 0 aliphatic carbocycles. The number of rotatable bonds is 12. The van der Waals surface area contributed by atoms with E-state index in [9.17, 15) is 9.59 Å². The van der Waals surface area contributed by atoms with Crippen molar-refractivity contribution < 1.29 is 9.59 Å². The van der Waals surface area contributed by atoms with Crippen molar-refractivity contribution in [2.24, 2.45) is 0 Å². The van der Waals surface area contributed by atoms with Crippen LogP contribution in [0.4, 0.5) is 0 Å². The van der Waals surface area contributed by atoms with Crippen molar-refractivity contribution in [3.8, 4) is 0 Å². The normalized spacial score (nSPS) is 12.6. The summed E-state index contributed by atoms with van der Waals surface area (Å²) >= 11 is 0. The van der Waals surface area contributed by atoms with Crippen LogP contribution >= 0.6 is 0 Å². The van der Waals surface area contributed by atoms with Gasteiger partial charge < -0.3 is 10.2 Å². The molecule has 0 aromatic heterocycles. The smallest absolute Gasteiger partial charge is 0.243 e. The van der Waals surface area contributed by atoms with E-state index in [0.717, 1.165) is 29.5 Å². The lowest BCUT2D eigenvalue weighted by molar-refractivity contribution is -0.141. The minimum Gasteiger partial charge on any atom is -0.352 e. The molecule has 4 nitrogen and oxygen atoms in total. The van der Waals surface area contributed by atoms with Crippen LogP contribution in [-0.2, 0) is 35.4 Å². The molecule has 0 saturated heterocycles. The van der Waals surface area contributed by atoms with Gasteiger partial charge in [0.2, 0.25) is 11.8 Å². The summed E-state index contributed by atoms with van der Waals surface area (Å²) in [7, 11) is 0. The van der Waals surface area contributed by atoms with Crippen LogP contribution < -0.4 is 5.32 Å². The van der Waals surface area contributed by atoms with Crippen molar-refractivity contribution in [1.29, 1.82) is 0 Å². The summed E-state index contributed by atoms with van der Waals surface area (Å²) < 4.78 is 0. The van der Waals surface area contributed by atoms with Gasteiger partial charge >= 0.3 is 0 Å². The van der Waals surface area contributed by atoms with Crippen LogP contribution in [0.5, 0.6) is 0 Å². The van der Waals surface area contributed by atoms with Crippen LogP contribution in [-0.4, -0.2) is 28.8 Å². The predicted octanol–water partition coefficient (Wildman–Crippen LogP) is 6.04. The van der Waals surface area contributed by atoms with E-state index < -0.39 is 6.04 Å². The van der Waals surface area contributed by atoms with Crippen molar-refractivity contribution in [1.82, 2.24) is 10.2 Å². The van der Waals surface area contributed by atoms with Gasteiger partial charge in [0.05, 0.1) is 0 Å². The van der Waals surface area contributed by atoms with E-state index in [1.54, 1.807) is 4.90 Å². The molecule has 2 amide bonds. The Morgan fingerprint density at radius 3 is 2.03 bits per heavy atom. The lowest BCUT2D eigenvalue weighted by Gasteiger charge is -2.32. The van der Waals surface area contributed by atoms with Crippen LogP contribution in [0.15, 0.2) is 78.9 Å². The first-order valence-corrected chi connectivity index (χ1v) is 13.2. The fraction of sp³-hybridized carbons (Fsp3) is 0.375. The summed E-state index contributed by atoms with van der Waals surface area (Å²) in [5, 5.41) is 3.13. The summed E-state index contributed by atoms with van der Waals surface area (Å²) in [6, 6.07) is 26.1. The Hall–Kier alpha value is -3.40. The van der Waals surface area contributed by atoms with Crippen molar-refractivity contribution in [2.75, 3.05) is 0 Å².